The Morgan fingerprint density at radius 2 is 2.08 bits per heavy atom. The Morgan fingerprint density at radius 1 is 1.24 bits per heavy atom. The zero-order valence-corrected chi connectivity index (χ0v) is 15.9. The first-order chi connectivity index (χ1) is 12.1. The summed E-state index contributed by atoms with van der Waals surface area (Å²) in [6.07, 6.45) is 2.32. The number of carbonyl (C=O) groups is 1. The molecule has 4 rings (SSSR count). The van der Waals surface area contributed by atoms with Gasteiger partial charge in [-0.2, -0.15) is 0 Å². The van der Waals surface area contributed by atoms with Gasteiger partial charge < -0.3 is 0 Å². The molecule has 0 unspecified atom stereocenters. The summed E-state index contributed by atoms with van der Waals surface area (Å²) in [5.74, 6) is 1.45. The van der Waals surface area contributed by atoms with E-state index in [2.05, 4.69) is 33.1 Å². The fourth-order valence-electron chi connectivity index (χ4n) is 2.74. The quantitative estimate of drug-likeness (QED) is 0.456. The number of thioether (sulfide) groups is 1. The molecule has 0 bridgehead atoms. The van der Waals surface area contributed by atoms with E-state index in [1.807, 2.05) is 31.2 Å². The monoisotopic (exact) mass is 369 g/mol. The van der Waals surface area contributed by atoms with Gasteiger partial charge in [0.25, 0.3) is 0 Å². The summed E-state index contributed by atoms with van der Waals surface area (Å²) < 4.78 is 2.21. The van der Waals surface area contributed by atoms with Gasteiger partial charge in [-0.1, -0.05) is 30.0 Å². The van der Waals surface area contributed by atoms with Crippen molar-refractivity contribution >= 4 is 28.9 Å². The number of carbonyl (C=O) groups excluding carboxylic acids is 1. The fourth-order valence-corrected chi connectivity index (χ4v) is 4.34. The third kappa shape index (κ3) is 3.41. The van der Waals surface area contributed by atoms with Crippen LogP contribution in [0.15, 0.2) is 40.9 Å². The highest BCUT2D eigenvalue weighted by atomic mass is 32.2. The Balaban J connectivity index is 1.53. The van der Waals surface area contributed by atoms with Crippen molar-refractivity contribution in [1.82, 2.24) is 14.8 Å². The second-order valence-corrected chi connectivity index (χ2v) is 8.29. The molecule has 1 aliphatic rings. The smallest absolute Gasteiger partial charge is 0.192 e. The summed E-state index contributed by atoms with van der Waals surface area (Å²) in [6, 6.07) is 10.5. The molecule has 0 aliphatic heterocycles. The van der Waals surface area contributed by atoms with Crippen LogP contribution in [0.1, 0.15) is 40.4 Å². The number of rotatable bonds is 6. The molecule has 0 atom stereocenters. The molecular formula is C19H19N3OS2. The van der Waals surface area contributed by atoms with E-state index in [0.29, 0.717) is 11.8 Å². The Kier molecular flexibility index (Phi) is 4.48. The second-order valence-electron chi connectivity index (χ2n) is 6.40. The normalized spacial score (nSPS) is 14.0. The molecule has 2 aromatic heterocycles. The van der Waals surface area contributed by atoms with Crippen molar-refractivity contribution in [2.24, 2.45) is 0 Å². The van der Waals surface area contributed by atoms with Crippen molar-refractivity contribution < 1.29 is 4.79 Å². The Morgan fingerprint density at radius 3 is 2.76 bits per heavy atom. The van der Waals surface area contributed by atoms with E-state index in [1.54, 1.807) is 11.3 Å². The largest absolute Gasteiger partial charge is 0.298 e. The van der Waals surface area contributed by atoms with E-state index >= 15 is 0 Å². The van der Waals surface area contributed by atoms with E-state index < -0.39 is 0 Å². The molecule has 4 nitrogen and oxygen atoms in total. The zero-order chi connectivity index (χ0) is 17.4. The molecule has 3 aromatic rings. The minimum atomic E-state index is 0.135. The van der Waals surface area contributed by atoms with Crippen molar-refractivity contribution in [3.63, 3.8) is 0 Å². The molecule has 25 heavy (non-hydrogen) atoms. The van der Waals surface area contributed by atoms with Crippen LogP contribution in [0.2, 0.25) is 0 Å². The number of hydrogen-bond acceptors (Lipinski definition) is 5. The van der Waals surface area contributed by atoms with Gasteiger partial charge in [0.1, 0.15) is 0 Å². The van der Waals surface area contributed by atoms with Gasteiger partial charge in [-0.05, 0) is 55.3 Å². The van der Waals surface area contributed by atoms with Crippen LogP contribution in [-0.2, 0) is 0 Å². The number of aryl methyl sites for hydroxylation is 2. The molecule has 0 radical (unpaired) electrons. The van der Waals surface area contributed by atoms with Crippen molar-refractivity contribution in [2.75, 3.05) is 5.75 Å². The van der Waals surface area contributed by atoms with Crippen molar-refractivity contribution in [3.05, 3.63) is 52.4 Å². The predicted molar refractivity (Wildman–Crippen MR) is 103 cm³/mol. The van der Waals surface area contributed by atoms with E-state index in [1.165, 1.54) is 17.3 Å². The van der Waals surface area contributed by atoms with E-state index in [0.717, 1.165) is 39.8 Å². The third-order valence-electron chi connectivity index (χ3n) is 4.48. The van der Waals surface area contributed by atoms with Gasteiger partial charge in [0.2, 0.25) is 0 Å². The molecule has 6 heteroatoms. The first kappa shape index (κ1) is 16.5. The zero-order valence-electron chi connectivity index (χ0n) is 14.2. The van der Waals surface area contributed by atoms with Crippen molar-refractivity contribution in [2.45, 2.75) is 37.9 Å². The summed E-state index contributed by atoms with van der Waals surface area (Å²) in [6.45, 7) is 4.10. The number of Topliss-reactive ketones (excluding diaryl/α,β-unsaturated/α-hetero) is 1. The lowest BCUT2D eigenvalue weighted by Crippen LogP contribution is -2.05. The van der Waals surface area contributed by atoms with Crippen molar-refractivity contribution in [3.8, 4) is 10.7 Å². The lowest BCUT2D eigenvalue weighted by molar-refractivity contribution is 0.102. The van der Waals surface area contributed by atoms with Crippen LogP contribution in [0, 0.1) is 13.8 Å². The topological polar surface area (TPSA) is 47.8 Å². The highest BCUT2D eigenvalue weighted by Crippen LogP contribution is 2.41. The standard InChI is InChI=1S/C19H19N3OS2/c1-12-5-6-14(10-13(12)2)16(23)11-25-19-21-20-18(17-4-3-9-24-17)22(19)15-7-8-15/h3-6,9-10,15H,7-8,11H2,1-2H3. The maximum atomic E-state index is 12.5. The fraction of sp³-hybridized carbons (Fsp3) is 0.316. The van der Waals surface area contributed by atoms with E-state index in [-0.39, 0.29) is 5.78 Å². The number of benzene rings is 1. The molecule has 0 N–H and O–H groups in total. The molecule has 0 amide bonds. The van der Waals surface area contributed by atoms with Crippen molar-refractivity contribution in [1.29, 1.82) is 0 Å². The highest BCUT2D eigenvalue weighted by Gasteiger charge is 2.30. The average molecular weight is 370 g/mol. The molecule has 1 saturated carbocycles. The summed E-state index contributed by atoms with van der Waals surface area (Å²) in [5, 5.41) is 11.7. The lowest BCUT2D eigenvalue weighted by atomic mass is 10.0. The SMILES string of the molecule is Cc1ccc(C(=O)CSc2nnc(-c3cccs3)n2C2CC2)cc1C. The Bertz CT molecular complexity index is 911. The van der Waals surface area contributed by atoms with Crippen LogP contribution < -0.4 is 0 Å². The van der Waals surface area contributed by atoms with Gasteiger partial charge >= 0.3 is 0 Å². The Labute approximate surface area is 155 Å². The van der Waals surface area contributed by atoms with Crippen LogP contribution in [0.3, 0.4) is 0 Å². The summed E-state index contributed by atoms with van der Waals surface area (Å²) >= 11 is 3.16. The summed E-state index contributed by atoms with van der Waals surface area (Å²) in [5.41, 5.74) is 3.13. The van der Waals surface area contributed by atoms with Gasteiger partial charge in [0, 0.05) is 11.6 Å². The van der Waals surface area contributed by atoms with E-state index in [9.17, 15) is 4.79 Å². The lowest BCUT2D eigenvalue weighted by Gasteiger charge is -2.08. The van der Waals surface area contributed by atoms with Gasteiger partial charge in [-0.15, -0.1) is 21.5 Å². The molecule has 128 valence electrons. The minimum absolute atomic E-state index is 0.135. The van der Waals surface area contributed by atoms with Gasteiger partial charge in [0.15, 0.2) is 16.8 Å². The molecule has 0 saturated heterocycles. The van der Waals surface area contributed by atoms with Gasteiger partial charge in [-0.25, -0.2) is 0 Å². The Hall–Kier alpha value is -1.92. The molecular weight excluding hydrogens is 350 g/mol. The number of nitrogens with zero attached hydrogens (tertiary/aromatic N) is 3. The number of thiophene rings is 1. The molecule has 1 fully saturated rings. The van der Waals surface area contributed by atoms with Crippen LogP contribution >= 0.6 is 23.1 Å². The molecule has 2 heterocycles. The second kappa shape index (κ2) is 6.77. The average Bonchev–Trinajstić information content (AvgIpc) is 3.13. The van der Waals surface area contributed by atoms with Crippen LogP contribution in [0.4, 0.5) is 0 Å². The van der Waals surface area contributed by atoms with Gasteiger partial charge in [0.05, 0.1) is 10.6 Å². The van der Waals surface area contributed by atoms with Crippen LogP contribution in [-0.4, -0.2) is 26.3 Å². The van der Waals surface area contributed by atoms with Gasteiger partial charge in [-0.3, -0.25) is 9.36 Å². The highest BCUT2D eigenvalue weighted by molar-refractivity contribution is 7.99. The summed E-state index contributed by atoms with van der Waals surface area (Å²) in [7, 11) is 0. The van der Waals surface area contributed by atoms with Crippen LogP contribution in [0.25, 0.3) is 10.7 Å². The number of ketones is 1. The molecule has 0 spiro atoms. The number of hydrogen-bond donors (Lipinski definition) is 0. The first-order valence-corrected chi connectivity index (χ1v) is 10.2. The maximum Gasteiger partial charge on any atom is 0.192 e. The maximum absolute atomic E-state index is 12.5. The minimum Gasteiger partial charge on any atom is -0.298 e. The first-order valence-electron chi connectivity index (χ1n) is 8.35. The predicted octanol–water partition coefficient (Wildman–Crippen LogP) is 4.93. The van der Waals surface area contributed by atoms with Crippen LogP contribution in [0.5, 0.6) is 0 Å². The number of aromatic nitrogens is 3. The molecule has 1 aliphatic carbocycles. The molecule has 1 aromatic carbocycles. The third-order valence-corrected chi connectivity index (χ3v) is 6.29. The summed E-state index contributed by atoms with van der Waals surface area (Å²) in [4.78, 5) is 13.7. The van der Waals surface area contributed by atoms with E-state index in [4.69, 9.17) is 0 Å².